The lowest BCUT2D eigenvalue weighted by Gasteiger charge is -2.75. The number of aromatic nitrogens is 2. The largest absolute Gasteiger partial charge is 0.327 e. The maximum Gasteiger partial charge on any atom is 0.243 e. The van der Waals surface area contributed by atoms with E-state index in [1.807, 2.05) is 19.1 Å². The van der Waals surface area contributed by atoms with Gasteiger partial charge in [-0.3, -0.25) is 4.90 Å². The van der Waals surface area contributed by atoms with Crippen molar-refractivity contribution in [2.24, 2.45) is 0 Å². The Hall–Kier alpha value is -0.970. The predicted octanol–water partition coefficient (Wildman–Crippen LogP) is 3.31. The minimum atomic E-state index is -3.39. The molecule has 160 valence electrons. The number of imidazole rings is 1. The molecule has 0 radical (unpaired) electrons. The number of sulfonamides is 1. The van der Waals surface area contributed by atoms with Crippen LogP contribution >= 0.6 is 22.6 Å². The molecule has 1 aliphatic heterocycles. The van der Waals surface area contributed by atoms with Crippen LogP contribution < -0.4 is 0 Å². The molecule has 1 aromatic heterocycles. The molecule has 6 nitrogen and oxygen atoms in total. The van der Waals surface area contributed by atoms with Gasteiger partial charge in [-0.05, 0) is 73.8 Å². The van der Waals surface area contributed by atoms with Gasteiger partial charge in [0.05, 0.1) is 10.4 Å². The van der Waals surface area contributed by atoms with Gasteiger partial charge >= 0.3 is 0 Å². The lowest BCUT2D eigenvalue weighted by Crippen LogP contribution is -2.80. The molecule has 1 saturated heterocycles. The molecule has 2 bridgehead atoms. The van der Waals surface area contributed by atoms with E-state index in [-0.39, 0.29) is 11.1 Å². The first-order valence-corrected chi connectivity index (χ1v) is 13.4. The van der Waals surface area contributed by atoms with Gasteiger partial charge in [-0.2, -0.15) is 4.31 Å². The molecule has 4 saturated carbocycles. The van der Waals surface area contributed by atoms with Crippen LogP contribution in [-0.4, -0.2) is 58.9 Å². The number of hydrogen-bond donors (Lipinski definition) is 0. The molecule has 0 N–H and O–H groups in total. The van der Waals surface area contributed by atoms with Crippen LogP contribution in [-0.2, 0) is 15.6 Å². The van der Waals surface area contributed by atoms with E-state index in [1.54, 1.807) is 16.4 Å². The fourth-order valence-electron chi connectivity index (χ4n) is 5.91. The molecule has 7 rings (SSSR count). The summed E-state index contributed by atoms with van der Waals surface area (Å²) < 4.78 is 31.3. The third-order valence-electron chi connectivity index (χ3n) is 7.70. The predicted molar refractivity (Wildman–Crippen MR) is 123 cm³/mol. The van der Waals surface area contributed by atoms with Crippen LogP contribution in [0.2, 0.25) is 0 Å². The van der Waals surface area contributed by atoms with E-state index in [4.69, 9.17) is 4.98 Å². The highest BCUT2D eigenvalue weighted by molar-refractivity contribution is 14.1. The monoisotopic (exact) mass is 538 g/mol. The molecule has 1 aromatic carbocycles. The molecule has 5 fully saturated rings. The molecule has 5 aliphatic rings. The quantitative estimate of drug-likeness (QED) is 0.549. The van der Waals surface area contributed by atoms with Crippen LogP contribution in [0.15, 0.2) is 35.4 Å². The first-order valence-electron chi connectivity index (χ1n) is 10.9. The molecule has 0 unspecified atom stereocenters. The summed E-state index contributed by atoms with van der Waals surface area (Å²) in [6.07, 6.45) is 8.39. The second-order valence-electron chi connectivity index (χ2n) is 9.75. The standard InChI is InChI=1S/C22H27IN4O2S/c1-16-2-6-18(7-3-16)30(28,29)26-10-8-25(9-11-26)21-13-22(14-21,15-21)27-12-19(23)24-20(27)17-4-5-17/h2-3,6-7,12,17H,4-5,8-11,13-15H2,1H3. The van der Waals surface area contributed by atoms with Crippen LogP contribution in [0.1, 0.15) is 49.4 Å². The summed E-state index contributed by atoms with van der Waals surface area (Å²) in [5, 5.41) is 0. The van der Waals surface area contributed by atoms with E-state index < -0.39 is 10.0 Å². The molecule has 8 heteroatoms. The molecular formula is C22H27IN4O2S. The lowest BCUT2D eigenvalue weighted by molar-refractivity contribution is -0.211. The highest BCUT2D eigenvalue weighted by atomic mass is 127. The molecule has 4 aliphatic carbocycles. The Bertz CT molecular complexity index is 1080. The number of aryl methyl sites for hydroxylation is 1. The number of halogens is 1. The summed E-state index contributed by atoms with van der Waals surface area (Å²) in [6, 6.07) is 7.20. The Balaban J connectivity index is 1.12. The first kappa shape index (κ1) is 19.7. The van der Waals surface area contributed by atoms with Crippen molar-refractivity contribution in [3.05, 3.63) is 45.6 Å². The van der Waals surface area contributed by atoms with E-state index in [0.717, 1.165) is 22.4 Å². The molecule has 30 heavy (non-hydrogen) atoms. The molecule has 0 atom stereocenters. The van der Waals surface area contributed by atoms with Crippen molar-refractivity contribution >= 4 is 32.6 Å². The zero-order valence-electron chi connectivity index (χ0n) is 17.2. The number of rotatable bonds is 5. The molecular weight excluding hydrogens is 511 g/mol. The number of hydrogen-bond acceptors (Lipinski definition) is 4. The van der Waals surface area contributed by atoms with Crippen LogP contribution in [0, 0.1) is 10.6 Å². The van der Waals surface area contributed by atoms with Gasteiger partial charge < -0.3 is 4.57 Å². The van der Waals surface area contributed by atoms with Gasteiger partial charge in [-0.25, -0.2) is 13.4 Å². The summed E-state index contributed by atoms with van der Waals surface area (Å²) in [5.74, 6) is 1.98. The number of benzene rings is 1. The van der Waals surface area contributed by atoms with Crippen LogP contribution in [0.3, 0.4) is 0 Å². The van der Waals surface area contributed by atoms with Gasteiger partial charge in [0.1, 0.15) is 9.53 Å². The fourth-order valence-corrected chi connectivity index (χ4v) is 7.86. The normalized spacial score (nSPS) is 31.9. The third kappa shape index (κ3) is 2.86. The topological polar surface area (TPSA) is 58.4 Å². The van der Waals surface area contributed by atoms with Gasteiger partial charge in [0.25, 0.3) is 0 Å². The van der Waals surface area contributed by atoms with Crippen molar-refractivity contribution in [3.8, 4) is 0 Å². The SMILES string of the molecule is Cc1ccc(S(=O)(=O)N2CCN(C34CC(n5cc(I)nc5C5CC5)(C3)C4)CC2)cc1. The van der Waals surface area contributed by atoms with E-state index >= 15 is 0 Å². The van der Waals surface area contributed by atoms with Crippen molar-refractivity contribution in [3.63, 3.8) is 0 Å². The maximum atomic E-state index is 13.0. The zero-order valence-corrected chi connectivity index (χ0v) is 20.2. The van der Waals surface area contributed by atoms with Gasteiger partial charge in [0.15, 0.2) is 0 Å². The summed E-state index contributed by atoms with van der Waals surface area (Å²) >= 11 is 2.34. The Morgan fingerprint density at radius 2 is 1.63 bits per heavy atom. The minimum absolute atomic E-state index is 0.277. The van der Waals surface area contributed by atoms with Crippen molar-refractivity contribution in [1.82, 2.24) is 18.8 Å². The Kier molecular flexibility index (Phi) is 4.28. The van der Waals surface area contributed by atoms with Gasteiger partial charge in [0, 0.05) is 43.8 Å². The first-order chi connectivity index (χ1) is 14.3. The van der Waals surface area contributed by atoms with Gasteiger partial charge in [0.2, 0.25) is 10.0 Å². The van der Waals surface area contributed by atoms with E-state index in [1.165, 1.54) is 37.9 Å². The van der Waals surface area contributed by atoms with Crippen LogP contribution in [0.25, 0.3) is 0 Å². The summed E-state index contributed by atoms with van der Waals surface area (Å²) in [6.45, 7) is 4.81. The average Bonchev–Trinajstić information content (AvgIpc) is 3.43. The number of nitrogens with zero attached hydrogens (tertiary/aromatic N) is 4. The molecule has 2 aromatic rings. The molecule has 2 heterocycles. The molecule has 0 spiro atoms. The highest BCUT2D eigenvalue weighted by Crippen LogP contribution is 2.69. The third-order valence-corrected chi connectivity index (χ3v) is 10.1. The van der Waals surface area contributed by atoms with E-state index in [2.05, 4.69) is 38.3 Å². The smallest absolute Gasteiger partial charge is 0.243 e. The summed E-state index contributed by atoms with van der Waals surface area (Å²) in [4.78, 5) is 7.79. The van der Waals surface area contributed by atoms with Gasteiger partial charge in [-0.15, -0.1) is 0 Å². The fraction of sp³-hybridized carbons (Fsp3) is 0.591. The highest BCUT2D eigenvalue weighted by Gasteiger charge is 2.71. The van der Waals surface area contributed by atoms with Crippen molar-refractivity contribution in [2.45, 2.75) is 60.9 Å². The Morgan fingerprint density at radius 1 is 1.00 bits per heavy atom. The van der Waals surface area contributed by atoms with E-state index in [9.17, 15) is 8.42 Å². The average molecular weight is 538 g/mol. The second-order valence-corrected chi connectivity index (χ2v) is 12.8. The number of piperazine rings is 1. The van der Waals surface area contributed by atoms with Crippen LogP contribution in [0.4, 0.5) is 0 Å². The summed E-state index contributed by atoms with van der Waals surface area (Å²) in [7, 11) is -3.39. The van der Waals surface area contributed by atoms with Crippen molar-refractivity contribution in [1.29, 1.82) is 0 Å². The van der Waals surface area contributed by atoms with Gasteiger partial charge in [-0.1, -0.05) is 17.7 Å². The van der Waals surface area contributed by atoms with Crippen molar-refractivity contribution < 1.29 is 8.42 Å². The van der Waals surface area contributed by atoms with E-state index in [0.29, 0.717) is 23.9 Å². The zero-order chi connectivity index (χ0) is 20.7. The minimum Gasteiger partial charge on any atom is -0.327 e. The molecule has 0 amide bonds. The Labute approximate surface area is 191 Å². The lowest BCUT2D eigenvalue weighted by atomic mass is 9.43. The van der Waals surface area contributed by atoms with Crippen LogP contribution in [0.5, 0.6) is 0 Å². The Morgan fingerprint density at radius 3 is 2.23 bits per heavy atom. The second kappa shape index (κ2) is 6.52. The maximum absolute atomic E-state index is 13.0. The summed E-state index contributed by atoms with van der Waals surface area (Å²) in [5.41, 5.74) is 1.64. The van der Waals surface area contributed by atoms with Crippen molar-refractivity contribution in [2.75, 3.05) is 26.2 Å².